The van der Waals surface area contributed by atoms with E-state index in [9.17, 15) is 4.79 Å². The molecule has 3 aromatic rings. The third-order valence-corrected chi connectivity index (χ3v) is 5.31. The summed E-state index contributed by atoms with van der Waals surface area (Å²) < 4.78 is 2.17. The van der Waals surface area contributed by atoms with E-state index in [0.29, 0.717) is 25.4 Å². The minimum Gasteiger partial charge on any atom is -0.481 e. The highest BCUT2D eigenvalue weighted by Gasteiger charge is 2.32. The average Bonchev–Trinajstić information content (AvgIpc) is 3.32. The van der Waals surface area contributed by atoms with Gasteiger partial charge in [-0.15, -0.1) is 10.2 Å². The van der Waals surface area contributed by atoms with Crippen LogP contribution in [0.1, 0.15) is 56.9 Å². The quantitative estimate of drug-likeness (QED) is 0.587. The lowest BCUT2D eigenvalue weighted by molar-refractivity contribution is -0.135. The number of nitrogens with zero attached hydrogens (tertiary/aromatic N) is 4. The number of nitrogens with two attached hydrogens (primary N) is 1. The van der Waals surface area contributed by atoms with Crippen molar-refractivity contribution in [3.8, 4) is 0 Å². The molecule has 0 bridgehead atoms. The molecule has 1 amide bonds. The Bertz CT molecular complexity index is 1070. The number of aromatic nitrogens is 4. The van der Waals surface area contributed by atoms with Crippen LogP contribution in [-0.2, 0) is 22.6 Å². The summed E-state index contributed by atoms with van der Waals surface area (Å²) in [6.07, 6.45) is 2.46. The Morgan fingerprint density at radius 2 is 1.97 bits per heavy atom. The lowest BCUT2D eigenvalue weighted by Crippen LogP contribution is -2.48. The number of hydrogen-bond donors (Lipinski definition) is 3. The van der Waals surface area contributed by atoms with Gasteiger partial charge in [0.15, 0.2) is 5.82 Å². The summed E-state index contributed by atoms with van der Waals surface area (Å²) in [4.78, 5) is 27.1. The fraction of sp³-hybridized carbons (Fsp3) is 0.455. The first kappa shape index (κ1) is 22.5. The number of hydrogen-bond acceptors (Lipinski definition) is 5. The Balaban J connectivity index is 0.000000628. The van der Waals surface area contributed by atoms with E-state index in [1.807, 2.05) is 29.3 Å². The molecule has 0 fully saturated rings. The molecule has 2 aromatic heterocycles. The number of aliphatic carboxylic acids is 1. The van der Waals surface area contributed by atoms with Gasteiger partial charge in [-0.25, -0.2) is 0 Å². The van der Waals surface area contributed by atoms with E-state index in [-0.39, 0.29) is 11.9 Å². The maximum atomic E-state index is 13.0. The number of carboxylic acids is 1. The van der Waals surface area contributed by atoms with Crippen LogP contribution in [0.3, 0.4) is 0 Å². The van der Waals surface area contributed by atoms with Crippen LogP contribution in [0.25, 0.3) is 10.9 Å². The summed E-state index contributed by atoms with van der Waals surface area (Å²) in [5.41, 5.74) is 8.44. The molecule has 166 valence electrons. The van der Waals surface area contributed by atoms with Gasteiger partial charge in [-0.3, -0.25) is 9.59 Å². The first-order chi connectivity index (χ1) is 14.7. The Kier molecular flexibility index (Phi) is 6.74. The SMILES string of the molecule is CC(=O)O.CC(C)c1nnc2n1[C@@H](C)CN(C(=O)[C@H](N)Cc1c[nH]c3ccccc13)C2. The molecule has 1 aliphatic rings. The summed E-state index contributed by atoms with van der Waals surface area (Å²) >= 11 is 0. The Hall–Kier alpha value is -3.20. The minimum atomic E-state index is -0.833. The second-order valence-electron chi connectivity index (χ2n) is 8.26. The van der Waals surface area contributed by atoms with Gasteiger partial charge in [0.05, 0.1) is 18.6 Å². The number of benzene rings is 1. The van der Waals surface area contributed by atoms with E-state index < -0.39 is 12.0 Å². The van der Waals surface area contributed by atoms with Crippen molar-refractivity contribution in [3.05, 3.63) is 47.7 Å². The second kappa shape index (κ2) is 9.30. The summed E-state index contributed by atoms with van der Waals surface area (Å²) in [7, 11) is 0. The molecule has 3 heterocycles. The number of H-pyrrole nitrogens is 1. The third kappa shape index (κ3) is 4.93. The van der Waals surface area contributed by atoms with E-state index in [0.717, 1.165) is 35.0 Å². The van der Waals surface area contributed by atoms with Gasteiger partial charge < -0.3 is 25.3 Å². The number of para-hydroxylation sites is 1. The van der Waals surface area contributed by atoms with Crippen molar-refractivity contribution < 1.29 is 14.7 Å². The second-order valence-corrected chi connectivity index (χ2v) is 8.26. The molecule has 4 rings (SSSR count). The number of amides is 1. The number of aromatic amines is 1. The topological polar surface area (TPSA) is 130 Å². The fourth-order valence-electron chi connectivity index (χ4n) is 3.98. The summed E-state index contributed by atoms with van der Waals surface area (Å²) in [6.45, 7) is 8.50. The Morgan fingerprint density at radius 3 is 2.65 bits per heavy atom. The highest BCUT2D eigenvalue weighted by molar-refractivity contribution is 5.86. The standard InChI is InChI=1S/C20H26N6O.C2H4O2/c1-12(2)19-24-23-18-11-25(10-13(3)26(18)19)20(27)16(21)8-14-9-22-17-7-5-4-6-15(14)17;1-2(3)4/h4-7,9,12-13,16,22H,8,10-11,21H2,1-3H3;1H3,(H,3,4)/t13-,16+;/m0./s1. The molecule has 31 heavy (non-hydrogen) atoms. The van der Waals surface area contributed by atoms with Crippen molar-refractivity contribution in [3.63, 3.8) is 0 Å². The molecular weight excluding hydrogens is 396 g/mol. The zero-order chi connectivity index (χ0) is 22.7. The van der Waals surface area contributed by atoms with Crippen LogP contribution >= 0.6 is 0 Å². The third-order valence-electron chi connectivity index (χ3n) is 5.31. The zero-order valence-corrected chi connectivity index (χ0v) is 18.4. The first-order valence-corrected chi connectivity index (χ1v) is 10.4. The lowest BCUT2D eigenvalue weighted by Gasteiger charge is -2.34. The summed E-state index contributed by atoms with van der Waals surface area (Å²) in [6, 6.07) is 7.64. The molecule has 4 N–H and O–H groups in total. The zero-order valence-electron chi connectivity index (χ0n) is 18.4. The first-order valence-electron chi connectivity index (χ1n) is 10.4. The normalized spacial score (nSPS) is 16.6. The van der Waals surface area contributed by atoms with Crippen LogP contribution in [-0.4, -0.2) is 54.2 Å². The van der Waals surface area contributed by atoms with Gasteiger partial charge in [-0.2, -0.15) is 0 Å². The van der Waals surface area contributed by atoms with Crippen LogP contribution in [0, 0.1) is 0 Å². The minimum absolute atomic E-state index is 0.0347. The number of rotatable bonds is 4. The lowest BCUT2D eigenvalue weighted by atomic mass is 10.0. The molecule has 9 heteroatoms. The largest absolute Gasteiger partial charge is 0.481 e. The molecule has 1 aliphatic heterocycles. The summed E-state index contributed by atoms with van der Waals surface area (Å²) in [5.74, 6) is 1.25. The molecule has 0 saturated heterocycles. The number of carbonyl (C=O) groups is 2. The monoisotopic (exact) mass is 426 g/mol. The van der Waals surface area contributed by atoms with E-state index in [1.54, 1.807) is 0 Å². The molecule has 0 spiro atoms. The van der Waals surface area contributed by atoms with Crippen LogP contribution < -0.4 is 5.73 Å². The smallest absolute Gasteiger partial charge is 0.300 e. The maximum Gasteiger partial charge on any atom is 0.300 e. The van der Waals surface area contributed by atoms with E-state index in [2.05, 4.69) is 46.6 Å². The number of fused-ring (bicyclic) bond motifs is 2. The van der Waals surface area contributed by atoms with Gasteiger partial charge >= 0.3 is 0 Å². The maximum absolute atomic E-state index is 13.0. The van der Waals surface area contributed by atoms with Gasteiger partial charge in [0, 0.05) is 36.5 Å². The molecule has 1 aromatic carbocycles. The molecule has 0 radical (unpaired) electrons. The molecule has 9 nitrogen and oxygen atoms in total. The predicted octanol–water partition coefficient (Wildman–Crippen LogP) is 2.45. The van der Waals surface area contributed by atoms with Gasteiger partial charge in [0.2, 0.25) is 5.91 Å². The van der Waals surface area contributed by atoms with Crippen molar-refractivity contribution in [1.29, 1.82) is 0 Å². The van der Waals surface area contributed by atoms with Crippen molar-refractivity contribution >= 4 is 22.8 Å². The number of carbonyl (C=O) groups excluding carboxylic acids is 1. The van der Waals surface area contributed by atoms with Crippen LogP contribution in [0.2, 0.25) is 0 Å². The van der Waals surface area contributed by atoms with Crippen molar-refractivity contribution in [2.24, 2.45) is 5.73 Å². The van der Waals surface area contributed by atoms with Gasteiger partial charge in [-0.1, -0.05) is 32.0 Å². The van der Waals surface area contributed by atoms with Crippen molar-refractivity contribution in [1.82, 2.24) is 24.6 Å². The van der Waals surface area contributed by atoms with Crippen LogP contribution in [0.15, 0.2) is 30.5 Å². The van der Waals surface area contributed by atoms with E-state index in [4.69, 9.17) is 15.6 Å². The average molecular weight is 427 g/mol. The van der Waals surface area contributed by atoms with Gasteiger partial charge in [-0.05, 0) is 25.0 Å². The molecule has 2 atom stereocenters. The van der Waals surface area contributed by atoms with Crippen molar-refractivity contribution in [2.75, 3.05) is 6.54 Å². The molecule has 0 unspecified atom stereocenters. The molecule has 0 saturated carbocycles. The van der Waals surface area contributed by atoms with E-state index in [1.165, 1.54) is 0 Å². The van der Waals surface area contributed by atoms with E-state index >= 15 is 0 Å². The predicted molar refractivity (Wildman–Crippen MR) is 118 cm³/mol. The van der Waals surface area contributed by atoms with Gasteiger partial charge in [0.25, 0.3) is 5.97 Å². The summed E-state index contributed by atoms with van der Waals surface area (Å²) in [5, 5.41) is 17.2. The van der Waals surface area contributed by atoms with Gasteiger partial charge in [0.1, 0.15) is 5.82 Å². The fourth-order valence-corrected chi connectivity index (χ4v) is 3.98. The van der Waals surface area contributed by atoms with Crippen LogP contribution in [0.4, 0.5) is 0 Å². The molecular formula is C22H30N6O3. The number of carboxylic acid groups (broad SMARTS) is 1. The Labute approximate surface area is 181 Å². The Morgan fingerprint density at radius 1 is 1.29 bits per heavy atom. The highest BCUT2D eigenvalue weighted by atomic mass is 16.4. The number of nitrogens with one attached hydrogen (secondary N) is 1. The van der Waals surface area contributed by atoms with Crippen molar-refractivity contribution in [2.45, 2.75) is 58.7 Å². The van der Waals surface area contributed by atoms with Crippen LogP contribution in [0.5, 0.6) is 0 Å². The highest BCUT2D eigenvalue weighted by Crippen LogP contribution is 2.26. The molecule has 0 aliphatic carbocycles.